The number of aromatic nitrogens is 2. The molecule has 15 aromatic rings. The molecule has 286 valence electrons. The van der Waals surface area contributed by atoms with Crippen molar-refractivity contribution >= 4 is 120 Å². The van der Waals surface area contributed by atoms with Crippen molar-refractivity contribution in [3.8, 4) is 22.3 Å². The van der Waals surface area contributed by atoms with Crippen molar-refractivity contribution in [2.24, 2.45) is 0 Å². The molecule has 0 bridgehead atoms. The highest BCUT2D eigenvalue weighted by atomic mass is 16.3. The number of para-hydroxylation sites is 4. The molecule has 6 heteroatoms. The first-order valence-corrected chi connectivity index (χ1v) is 20.8. The van der Waals surface area contributed by atoms with E-state index in [1.807, 2.05) is 72.8 Å². The number of hydrogen-bond acceptors (Lipinski definition) is 4. The summed E-state index contributed by atoms with van der Waals surface area (Å²) in [6.07, 6.45) is 0. The van der Waals surface area contributed by atoms with Gasteiger partial charge in [0.05, 0.1) is 54.6 Å². The Kier molecular flexibility index (Phi) is 5.85. The molecule has 0 N–H and O–H groups in total. The minimum atomic E-state index is -0.0277. The van der Waals surface area contributed by atoms with Crippen LogP contribution in [-0.2, 0) is 0 Å². The molecule has 0 spiro atoms. The Balaban J connectivity index is 1.05. The Labute approximate surface area is 348 Å². The van der Waals surface area contributed by atoms with Gasteiger partial charge in [0.25, 0.3) is 0 Å². The van der Waals surface area contributed by atoms with Crippen LogP contribution >= 0.6 is 0 Å². The molecule has 0 aliphatic heterocycles. The van der Waals surface area contributed by atoms with Gasteiger partial charge < -0.3 is 17.6 Å². The van der Waals surface area contributed by atoms with Gasteiger partial charge in [0, 0.05) is 43.1 Å². The summed E-state index contributed by atoms with van der Waals surface area (Å²) in [7, 11) is 0. The largest absolute Gasteiger partial charge is 0.456 e. The van der Waals surface area contributed by atoms with Gasteiger partial charge in [-0.1, -0.05) is 84.9 Å². The summed E-state index contributed by atoms with van der Waals surface area (Å²) in [5, 5.41) is 11.9. The van der Waals surface area contributed by atoms with Crippen molar-refractivity contribution in [3.63, 3.8) is 0 Å². The smallest absolute Gasteiger partial charge is 0.200 e. The van der Waals surface area contributed by atoms with E-state index in [-0.39, 0.29) is 10.9 Å². The van der Waals surface area contributed by atoms with Crippen molar-refractivity contribution < 1.29 is 8.83 Å². The van der Waals surface area contributed by atoms with Crippen molar-refractivity contribution in [1.29, 1.82) is 0 Å². The Bertz CT molecular complexity index is 4330. The summed E-state index contributed by atoms with van der Waals surface area (Å²) in [5.74, 6) is 0. The van der Waals surface area contributed by atoms with E-state index in [9.17, 15) is 9.59 Å². The lowest BCUT2D eigenvalue weighted by molar-refractivity contribution is 0.659. The average Bonchev–Trinajstić information content (AvgIpc) is 4.05. The zero-order valence-electron chi connectivity index (χ0n) is 32.7. The third-order valence-corrected chi connectivity index (χ3v) is 13.6. The molecule has 0 atom stereocenters. The van der Waals surface area contributed by atoms with Crippen molar-refractivity contribution in [3.05, 3.63) is 190 Å². The van der Waals surface area contributed by atoms with Crippen LogP contribution in [0.1, 0.15) is 0 Å². The van der Waals surface area contributed by atoms with Crippen LogP contribution in [0.4, 0.5) is 0 Å². The second-order valence-corrected chi connectivity index (χ2v) is 16.6. The zero-order chi connectivity index (χ0) is 40.5. The second kappa shape index (κ2) is 11.2. The van der Waals surface area contributed by atoms with Crippen molar-refractivity contribution in [2.45, 2.75) is 0 Å². The monoisotopic (exact) mass is 792 g/mol. The van der Waals surface area contributed by atoms with E-state index in [1.165, 1.54) is 43.4 Å². The number of hydrogen-bond donors (Lipinski definition) is 0. The number of rotatable bonds is 2. The molecule has 0 amide bonds. The summed E-state index contributed by atoms with van der Waals surface area (Å²) in [6, 6.07) is 57.7. The summed E-state index contributed by atoms with van der Waals surface area (Å²) in [5.41, 5.74) is 13.2. The van der Waals surface area contributed by atoms with E-state index in [0.29, 0.717) is 43.9 Å². The van der Waals surface area contributed by atoms with Crippen LogP contribution in [0.2, 0.25) is 0 Å². The third kappa shape index (κ3) is 3.90. The number of fused-ring (bicyclic) bond motifs is 18. The Morgan fingerprint density at radius 2 is 0.613 bits per heavy atom. The molecule has 6 aromatic heterocycles. The first-order chi connectivity index (χ1) is 30.6. The zero-order valence-corrected chi connectivity index (χ0v) is 32.7. The first kappa shape index (κ1) is 32.4. The summed E-state index contributed by atoms with van der Waals surface area (Å²) in [6.45, 7) is 0. The first-order valence-electron chi connectivity index (χ1n) is 20.8. The Morgan fingerprint density at radius 3 is 1.06 bits per heavy atom. The maximum Gasteiger partial charge on any atom is 0.200 e. The van der Waals surface area contributed by atoms with Crippen LogP contribution in [0.5, 0.6) is 0 Å². The standard InChI is InChI=1S/C56H28N2O4/c59-55-35-11-3-7-15-45(35)61-47-23-19-31(27-39(47)55)29-18-22-44-37(25-29)51-49-33-9-1-5-13-41(33)57-43-21-17-30(32-20-24-48-40(28-32)56(60)36-12-4-8-16-46(36)62-48)26-38(43)52(53(49)57)50-34-10-2-6-14-42(34)58(44)54(50)51/h1-28H. The van der Waals surface area contributed by atoms with Gasteiger partial charge in [-0.3, -0.25) is 9.59 Å². The topological polar surface area (TPSA) is 69.2 Å². The molecule has 0 radical (unpaired) electrons. The highest BCUT2D eigenvalue weighted by molar-refractivity contribution is 6.45. The Hall–Kier alpha value is -8.48. The Morgan fingerprint density at radius 1 is 0.290 bits per heavy atom. The maximum atomic E-state index is 13.8. The van der Waals surface area contributed by atoms with Crippen LogP contribution < -0.4 is 10.9 Å². The second-order valence-electron chi connectivity index (χ2n) is 16.6. The van der Waals surface area contributed by atoms with Crippen molar-refractivity contribution in [2.75, 3.05) is 0 Å². The van der Waals surface area contributed by atoms with Gasteiger partial charge >= 0.3 is 0 Å². The minimum Gasteiger partial charge on any atom is -0.456 e. The fourth-order valence-corrected chi connectivity index (χ4v) is 10.9. The van der Waals surface area contributed by atoms with E-state index in [2.05, 4.69) is 106 Å². The lowest BCUT2D eigenvalue weighted by Gasteiger charge is -2.07. The minimum absolute atomic E-state index is 0.0277. The van der Waals surface area contributed by atoms with E-state index in [4.69, 9.17) is 8.83 Å². The lowest BCUT2D eigenvalue weighted by Crippen LogP contribution is -2.01. The van der Waals surface area contributed by atoms with Crippen LogP contribution in [0.3, 0.4) is 0 Å². The average molecular weight is 793 g/mol. The molecule has 9 aromatic carbocycles. The third-order valence-electron chi connectivity index (χ3n) is 13.6. The fraction of sp³-hybridized carbons (Fsp3) is 0. The van der Waals surface area contributed by atoms with Crippen LogP contribution in [-0.4, -0.2) is 8.80 Å². The van der Waals surface area contributed by atoms with Crippen LogP contribution in [0.15, 0.2) is 188 Å². The van der Waals surface area contributed by atoms with Gasteiger partial charge in [0.15, 0.2) is 0 Å². The highest BCUT2D eigenvalue weighted by Gasteiger charge is 2.29. The predicted molar refractivity (Wildman–Crippen MR) is 254 cm³/mol. The SMILES string of the molecule is O=c1c2ccccc2oc2ccc(-c3ccc4c(c3)c3c5c6ccccc6n6c7ccc(-c8ccc9oc%10ccccc%10c(=O)c9c8)cc7c(c7c8ccccc8n4c73)c56)cc12. The van der Waals surface area contributed by atoms with Crippen molar-refractivity contribution in [1.82, 2.24) is 8.80 Å². The van der Waals surface area contributed by atoms with Gasteiger partial charge in [0.2, 0.25) is 10.9 Å². The molecule has 0 saturated carbocycles. The molecule has 0 unspecified atom stereocenters. The quantitative estimate of drug-likeness (QED) is 0.164. The van der Waals surface area contributed by atoms with Gasteiger partial charge in [0.1, 0.15) is 22.3 Å². The number of nitrogens with zero attached hydrogens (tertiary/aromatic N) is 2. The van der Waals surface area contributed by atoms with Crippen LogP contribution in [0.25, 0.3) is 142 Å². The molecule has 6 nitrogen and oxygen atoms in total. The molecular weight excluding hydrogens is 765 g/mol. The lowest BCUT2D eigenvalue weighted by atomic mass is 9.95. The van der Waals surface area contributed by atoms with E-state index in [1.54, 1.807) is 0 Å². The molecule has 0 fully saturated rings. The van der Waals surface area contributed by atoms with Gasteiger partial charge in [-0.15, -0.1) is 0 Å². The van der Waals surface area contributed by atoms with Gasteiger partial charge in [-0.05, 0) is 107 Å². The summed E-state index contributed by atoms with van der Waals surface area (Å²) < 4.78 is 17.3. The number of benzene rings is 9. The normalized spacial score (nSPS) is 12.6. The van der Waals surface area contributed by atoms with Gasteiger partial charge in [-0.25, -0.2) is 0 Å². The van der Waals surface area contributed by atoms with E-state index in [0.717, 1.165) is 55.1 Å². The summed E-state index contributed by atoms with van der Waals surface area (Å²) >= 11 is 0. The van der Waals surface area contributed by atoms with E-state index < -0.39 is 0 Å². The molecular formula is C56H28N2O4. The van der Waals surface area contributed by atoms with E-state index >= 15 is 0 Å². The fourth-order valence-electron chi connectivity index (χ4n) is 10.9. The molecule has 6 heterocycles. The molecule has 15 rings (SSSR count). The van der Waals surface area contributed by atoms with Crippen LogP contribution in [0, 0.1) is 0 Å². The molecule has 0 saturated heterocycles. The molecule has 0 aliphatic carbocycles. The predicted octanol–water partition coefficient (Wildman–Crippen LogP) is 13.8. The molecule has 62 heavy (non-hydrogen) atoms. The highest BCUT2D eigenvalue weighted by Crippen LogP contribution is 2.52. The van der Waals surface area contributed by atoms with Gasteiger partial charge in [-0.2, -0.15) is 0 Å². The summed E-state index contributed by atoms with van der Waals surface area (Å²) in [4.78, 5) is 27.5. The molecule has 0 aliphatic rings. The maximum absolute atomic E-state index is 13.8.